The molecule has 1 aromatic rings. The van der Waals surface area contributed by atoms with Gasteiger partial charge in [0.05, 0.1) is 24.7 Å². The summed E-state index contributed by atoms with van der Waals surface area (Å²) in [5.41, 5.74) is 0.897. The van der Waals surface area contributed by atoms with Gasteiger partial charge >= 0.3 is 5.97 Å². The van der Waals surface area contributed by atoms with Gasteiger partial charge in [-0.2, -0.15) is 0 Å². The van der Waals surface area contributed by atoms with Crippen molar-refractivity contribution in [2.75, 3.05) is 13.2 Å². The summed E-state index contributed by atoms with van der Waals surface area (Å²) in [5.74, 6) is -1.10. The molecule has 5 nitrogen and oxygen atoms in total. The number of hydrogen-bond donors (Lipinski definition) is 2. The van der Waals surface area contributed by atoms with Crippen LogP contribution in [0.4, 0.5) is 0 Å². The van der Waals surface area contributed by atoms with Gasteiger partial charge in [0.2, 0.25) is 5.91 Å². The van der Waals surface area contributed by atoms with Crippen LogP contribution in [0, 0.1) is 0 Å². The number of carbonyl (C=O) groups excluding carboxylic acids is 1. The summed E-state index contributed by atoms with van der Waals surface area (Å²) < 4.78 is 5.66. The van der Waals surface area contributed by atoms with E-state index in [1.165, 1.54) is 25.0 Å². The summed E-state index contributed by atoms with van der Waals surface area (Å²) in [7, 11) is 0. The summed E-state index contributed by atoms with van der Waals surface area (Å²) in [4.78, 5) is 22.6. The van der Waals surface area contributed by atoms with Gasteiger partial charge in [-0.1, -0.05) is 25.0 Å². The second kappa shape index (κ2) is 7.78. The molecule has 0 saturated heterocycles. The fourth-order valence-corrected chi connectivity index (χ4v) is 2.53. The monoisotopic (exact) mass is 291 g/mol. The maximum absolute atomic E-state index is 11.8. The molecule has 0 aliphatic heterocycles. The highest BCUT2D eigenvalue weighted by Gasteiger charge is 2.14. The average Bonchev–Trinajstić information content (AvgIpc) is 2.97. The number of nitrogens with one attached hydrogen (secondary N) is 1. The number of amides is 1. The van der Waals surface area contributed by atoms with Gasteiger partial charge in [-0.05, 0) is 30.5 Å². The summed E-state index contributed by atoms with van der Waals surface area (Å²) in [6, 6.07) is 6.44. The predicted octanol–water partition coefficient (Wildman–Crippen LogP) is 2.00. The van der Waals surface area contributed by atoms with E-state index in [0.717, 1.165) is 12.8 Å². The molecule has 1 amide bonds. The third-order valence-corrected chi connectivity index (χ3v) is 3.62. The molecule has 2 N–H and O–H groups in total. The number of rotatable bonds is 7. The maximum Gasteiger partial charge on any atom is 0.335 e. The minimum absolute atomic E-state index is 0.118. The summed E-state index contributed by atoms with van der Waals surface area (Å²) in [6.07, 6.45) is 5.25. The average molecular weight is 291 g/mol. The zero-order valence-corrected chi connectivity index (χ0v) is 12.0. The molecule has 0 atom stereocenters. The van der Waals surface area contributed by atoms with E-state index in [9.17, 15) is 9.59 Å². The van der Waals surface area contributed by atoms with Gasteiger partial charge in [-0.15, -0.1) is 0 Å². The highest BCUT2D eigenvalue weighted by molar-refractivity contribution is 5.88. The second-order valence-electron chi connectivity index (χ2n) is 5.31. The molecule has 0 unspecified atom stereocenters. The maximum atomic E-state index is 11.8. The number of aromatic carboxylic acids is 1. The van der Waals surface area contributed by atoms with Crippen LogP contribution < -0.4 is 5.32 Å². The first-order valence-electron chi connectivity index (χ1n) is 7.35. The number of ether oxygens (including phenoxy) is 1. The van der Waals surface area contributed by atoms with Gasteiger partial charge < -0.3 is 15.2 Å². The quantitative estimate of drug-likeness (QED) is 0.753. The normalized spacial score (nSPS) is 15.0. The molecule has 1 saturated carbocycles. The number of carboxylic acids is 1. The Morgan fingerprint density at radius 1 is 1.29 bits per heavy atom. The predicted molar refractivity (Wildman–Crippen MR) is 78.3 cm³/mol. The van der Waals surface area contributed by atoms with Crippen LogP contribution in [-0.4, -0.2) is 36.2 Å². The molecule has 5 heteroatoms. The van der Waals surface area contributed by atoms with Crippen LogP contribution in [0.25, 0.3) is 0 Å². The van der Waals surface area contributed by atoms with E-state index in [0.29, 0.717) is 24.8 Å². The number of carbonyl (C=O) groups is 2. The Kier molecular flexibility index (Phi) is 5.75. The van der Waals surface area contributed by atoms with E-state index in [-0.39, 0.29) is 17.9 Å². The number of benzene rings is 1. The zero-order valence-electron chi connectivity index (χ0n) is 12.0. The van der Waals surface area contributed by atoms with E-state index in [4.69, 9.17) is 9.84 Å². The first-order valence-corrected chi connectivity index (χ1v) is 7.35. The molecule has 0 radical (unpaired) electrons. The highest BCUT2D eigenvalue weighted by Crippen LogP contribution is 2.20. The van der Waals surface area contributed by atoms with Crippen molar-refractivity contribution in [2.24, 2.45) is 0 Å². The number of carboxylic acid groups (broad SMARTS) is 1. The van der Waals surface area contributed by atoms with Crippen molar-refractivity contribution in [3.8, 4) is 0 Å². The van der Waals surface area contributed by atoms with Crippen LogP contribution in [0.2, 0.25) is 0 Å². The fraction of sp³-hybridized carbons (Fsp3) is 0.500. The third kappa shape index (κ3) is 5.19. The Bertz CT molecular complexity index is 495. The topological polar surface area (TPSA) is 75.6 Å². The van der Waals surface area contributed by atoms with E-state index in [1.807, 2.05) is 0 Å². The van der Waals surface area contributed by atoms with E-state index >= 15 is 0 Å². The minimum atomic E-state index is -0.984. The lowest BCUT2D eigenvalue weighted by Crippen LogP contribution is -2.29. The summed E-state index contributed by atoms with van der Waals surface area (Å²) in [6.45, 7) is 1.03. The van der Waals surface area contributed by atoms with E-state index < -0.39 is 5.97 Å². The van der Waals surface area contributed by atoms with Crippen LogP contribution >= 0.6 is 0 Å². The van der Waals surface area contributed by atoms with Crippen molar-refractivity contribution in [1.29, 1.82) is 0 Å². The molecule has 114 valence electrons. The van der Waals surface area contributed by atoms with Gasteiger partial charge in [0.15, 0.2) is 0 Å². The highest BCUT2D eigenvalue weighted by atomic mass is 16.5. The van der Waals surface area contributed by atoms with Crippen LogP contribution in [0.1, 0.15) is 41.6 Å². The van der Waals surface area contributed by atoms with E-state index in [2.05, 4.69) is 5.32 Å². The standard InChI is InChI=1S/C16H21NO4/c18-15(17-8-9-21-14-6-1-2-7-14)11-12-4-3-5-13(10-12)16(19)20/h3-5,10,14H,1-2,6-9,11H2,(H,17,18)(H,19,20). The second-order valence-corrected chi connectivity index (χ2v) is 5.31. The van der Waals surface area contributed by atoms with Crippen molar-refractivity contribution < 1.29 is 19.4 Å². The molecule has 1 aliphatic carbocycles. The van der Waals surface area contributed by atoms with Gasteiger partial charge in [-0.3, -0.25) is 4.79 Å². The summed E-state index contributed by atoms with van der Waals surface area (Å²) >= 11 is 0. The Hall–Kier alpha value is -1.88. The van der Waals surface area contributed by atoms with E-state index in [1.54, 1.807) is 12.1 Å². The molecule has 0 spiro atoms. The van der Waals surface area contributed by atoms with Crippen LogP contribution in [0.15, 0.2) is 24.3 Å². The Balaban J connectivity index is 1.69. The van der Waals surface area contributed by atoms with Gasteiger partial charge in [0.25, 0.3) is 0 Å². The van der Waals surface area contributed by atoms with Crippen molar-refractivity contribution in [1.82, 2.24) is 5.32 Å². The van der Waals surface area contributed by atoms with Crippen molar-refractivity contribution in [3.63, 3.8) is 0 Å². The lowest BCUT2D eigenvalue weighted by molar-refractivity contribution is -0.120. The smallest absolute Gasteiger partial charge is 0.335 e. The molecular formula is C16H21NO4. The summed E-state index contributed by atoms with van der Waals surface area (Å²) in [5, 5.41) is 11.7. The largest absolute Gasteiger partial charge is 0.478 e. The van der Waals surface area contributed by atoms with Gasteiger partial charge in [-0.25, -0.2) is 4.79 Å². The van der Waals surface area contributed by atoms with Gasteiger partial charge in [0.1, 0.15) is 0 Å². The molecule has 1 fully saturated rings. The van der Waals surface area contributed by atoms with Crippen molar-refractivity contribution in [3.05, 3.63) is 35.4 Å². The molecular weight excluding hydrogens is 270 g/mol. The minimum Gasteiger partial charge on any atom is -0.478 e. The lowest BCUT2D eigenvalue weighted by atomic mass is 10.1. The Morgan fingerprint density at radius 2 is 2.05 bits per heavy atom. The van der Waals surface area contributed by atoms with Crippen molar-refractivity contribution >= 4 is 11.9 Å². The van der Waals surface area contributed by atoms with Crippen LogP contribution in [0.5, 0.6) is 0 Å². The fourth-order valence-electron chi connectivity index (χ4n) is 2.53. The molecule has 0 bridgehead atoms. The van der Waals surface area contributed by atoms with Gasteiger partial charge in [0, 0.05) is 6.54 Å². The SMILES string of the molecule is O=C(Cc1cccc(C(=O)O)c1)NCCOC1CCCC1. The molecule has 0 aromatic heterocycles. The van der Waals surface area contributed by atoms with Crippen molar-refractivity contribution in [2.45, 2.75) is 38.2 Å². The molecule has 0 heterocycles. The molecule has 1 aromatic carbocycles. The molecule has 2 rings (SSSR count). The van der Waals surface area contributed by atoms with Crippen LogP contribution in [-0.2, 0) is 16.0 Å². The number of hydrogen-bond acceptors (Lipinski definition) is 3. The first-order chi connectivity index (χ1) is 10.1. The first kappa shape index (κ1) is 15.5. The third-order valence-electron chi connectivity index (χ3n) is 3.62. The Morgan fingerprint density at radius 3 is 2.76 bits per heavy atom. The van der Waals surface area contributed by atoms with Crippen LogP contribution in [0.3, 0.4) is 0 Å². The zero-order chi connectivity index (χ0) is 15.1. The lowest BCUT2D eigenvalue weighted by Gasteiger charge is -2.11. The molecule has 21 heavy (non-hydrogen) atoms. The molecule has 1 aliphatic rings. The Labute approximate surface area is 124 Å².